The summed E-state index contributed by atoms with van der Waals surface area (Å²) >= 11 is 0. The van der Waals surface area contributed by atoms with E-state index in [1.807, 2.05) is 0 Å². The minimum atomic E-state index is -3.93. The fourth-order valence-electron chi connectivity index (χ4n) is 2.62. The van der Waals surface area contributed by atoms with Gasteiger partial charge in [0, 0.05) is 6.07 Å². The molecular weight excluding hydrogens is 410 g/mol. The summed E-state index contributed by atoms with van der Waals surface area (Å²) in [5, 5.41) is 0. The molecule has 0 unspecified atom stereocenters. The minimum absolute atomic E-state index is 0.0301. The van der Waals surface area contributed by atoms with Crippen LogP contribution in [0.15, 0.2) is 53.4 Å². The number of sulfonamides is 1. The molecular formula is C21H25NO7S. The number of Topliss-reactive ketones (excluding diaryl/α,β-unsaturated/α-hetero) is 1. The first kappa shape index (κ1) is 23.4. The van der Waals surface area contributed by atoms with Crippen LogP contribution in [0.5, 0.6) is 11.5 Å². The number of esters is 1. The summed E-state index contributed by atoms with van der Waals surface area (Å²) in [6.45, 7) is 2.79. The van der Waals surface area contributed by atoms with Gasteiger partial charge in [0.2, 0.25) is 15.8 Å². The van der Waals surface area contributed by atoms with Crippen molar-refractivity contribution in [2.24, 2.45) is 5.92 Å². The molecule has 162 valence electrons. The predicted octanol–water partition coefficient (Wildman–Crippen LogP) is 2.43. The van der Waals surface area contributed by atoms with Crippen LogP contribution in [-0.4, -0.2) is 47.0 Å². The summed E-state index contributed by atoms with van der Waals surface area (Å²) in [5.41, 5.74) is 0.220. The van der Waals surface area contributed by atoms with Gasteiger partial charge in [0.05, 0.1) is 24.7 Å². The molecule has 8 nitrogen and oxygen atoms in total. The minimum Gasteiger partial charge on any atom is -0.497 e. The number of carbonyl (C=O) groups is 2. The van der Waals surface area contributed by atoms with Crippen LogP contribution < -0.4 is 14.2 Å². The molecule has 0 aliphatic heterocycles. The zero-order valence-corrected chi connectivity index (χ0v) is 18.1. The SMILES string of the molecule is COc1ccc(C(=O)COC(=O)[C@H](NS(=O)(=O)c2ccccc2)C(C)C)c(OC)c1. The van der Waals surface area contributed by atoms with Gasteiger partial charge in [0.25, 0.3) is 0 Å². The van der Waals surface area contributed by atoms with E-state index in [0.717, 1.165) is 0 Å². The van der Waals surface area contributed by atoms with Crippen LogP contribution in [0, 0.1) is 5.92 Å². The molecule has 2 aromatic carbocycles. The molecule has 0 spiro atoms. The number of nitrogens with one attached hydrogen (secondary N) is 1. The molecule has 0 radical (unpaired) electrons. The van der Waals surface area contributed by atoms with Gasteiger partial charge in [-0.2, -0.15) is 4.72 Å². The topological polar surface area (TPSA) is 108 Å². The van der Waals surface area contributed by atoms with Crippen molar-refractivity contribution in [3.05, 3.63) is 54.1 Å². The summed E-state index contributed by atoms with van der Waals surface area (Å²) in [6, 6.07) is 11.2. The van der Waals surface area contributed by atoms with Crippen molar-refractivity contribution in [2.45, 2.75) is 24.8 Å². The van der Waals surface area contributed by atoms with Gasteiger partial charge >= 0.3 is 5.97 Å². The highest BCUT2D eigenvalue weighted by Crippen LogP contribution is 2.25. The lowest BCUT2D eigenvalue weighted by atomic mass is 10.1. The molecule has 1 atom stereocenters. The molecule has 0 amide bonds. The van der Waals surface area contributed by atoms with Crippen LogP contribution in [0.2, 0.25) is 0 Å². The van der Waals surface area contributed by atoms with Crippen molar-refractivity contribution in [3.8, 4) is 11.5 Å². The van der Waals surface area contributed by atoms with Crippen LogP contribution in [0.3, 0.4) is 0 Å². The van der Waals surface area contributed by atoms with E-state index in [9.17, 15) is 18.0 Å². The maximum Gasteiger partial charge on any atom is 0.324 e. The van der Waals surface area contributed by atoms with Crippen molar-refractivity contribution >= 4 is 21.8 Å². The number of methoxy groups -OCH3 is 2. The van der Waals surface area contributed by atoms with Crippen molar-refractivity contribution in [1.29, 1.82) is 0 Å². The zero-order chi connectivity index (χ0) is 22.3. The molecule has 2 aromatic rings. The molecule has 0 aliphatic rings. The van der Waals surface area contributed by atoms with Gasteiger partial charge in [0.15, 0.2) is 6.61 Å². The maximum absolute atomic E-state index is 12.5. The Bertz CT molecular complexity index is 988. The second kappa shape index (κ2) is 10.2. The van der Waals surface area contributed by atoms with Crippen molar-refractivity contribution in [1.82, 2.24) is 4.72 Å². The average Bonchev–Trinajstić information content (AvgIpc) is 2.75. The molecule has 2 rings (SSSR count). The number of hydrogen-bond donors (Lipinski definition) is 1. The first-order chi connectivity index (χ1) is 14.2. The van der Waals surface area contributed by atoms with Crippen LogP contribution in [-0.2, 0) is 19.6 Å². The highest BCUT2D eigenvalue weighted by Gasteiger charge is 2.30. The lowest BCUT2D eigenvalue weighted by Gasteiger charge is -2.20. The van der Waals surface area contributed by atoms with Crippen LogP contribution >= 0.6 is 0 Å². The van der Waals surface area contributed by atoms with E-state index in [0.29, 0.717) is 5.75 Å². The molecule has 9 heteroatoms. The number of hydrogen-bond acceptors (Lipinski definition) is 7. The van der Waals surface area contributed by atoms with Crippen LogP contribution in [0.25, 0.3) is 0 Å². The quantitative estimate of drug-likeness (QED) is 0.451. The highest BCUT2D eigenvalue weighted by atomic mass is 32.2. The maximum atomic E-state index is 12.5. The molecule has 30 heavy (non-hydrogen) atoms. The molecule has 0 bridgehead atoms. The Morgan fingerprint density at radius 1 is 1.00 bits per heavy atom. The third-order valence-electron chi connectivity index (χ3n) is 4.31. The number of ether oxygens (including phenoxy) is 3. The fourth-order valence-corrected chi connectivity index (χ4v) is 3.98. The van der Waals surface area contributed by atoms with Gasteiger partial charge in [-0.05, 0) is 30.2 Å². The number of benzene rings is 2. The summed E-state index contributed by atoms with van der Waals surface area (Å²) in [5.74, 6) is -0.945. The van der Waals surface area contributed by atoms with Crippen molar-refractivity contribution < 1.29 is 32.2 Å². The first-order valence-electron chi connectivity index (χ1n) is 9.19. The van der Waals surface area contributed by atoms with Gasteiger partial charge in [0.1, 0.15) is 17.5 Å². The van der Waals surface area contributed by atoms with Gasteiger partial charge in [-0.1, -0.05) is 32.0 Å². The Balaban J connectivity index is 2.10. The molecule has 0 saturated carbocycles. The van der Waals surface area contributed by atoms with Gasteiger partial charge in [-0.25, -0.2) is 8.42 Å². The Morgan fingerprint density at radius 3 is 2.23 bits per heavy atom. The van der Waals surface area contributed by atoms with Gasteiger partial charge in [-0.3, -0.25) is 9.59 Å². The fraction of sp³-hybridized carbons (Fsp3) is 0.333. The normalized spacial score (nSPS) is 12.3. The van der Waals surface area contributed by atoms with E-state index in [-0.39, 0.29) is 16.2 Å². The molecule has 1 N–H and O–H groups in total. The Kier molecular flexibility index (Phi) is 7.96. The molecule has 0 saturated heterocycles. The Hall–Kier alpha value is -2.91. The molecule has 0 fully saturated rings. The summed E-state index contributed by atoms with van der Waals surface area (Å²) < 4.78 is 42.8. The number of ketones is 1. The molecule has 0 aromatic heterocycles. The van der Waals surface area contributed by atoms with E-state index in [4.69, 9.17) is 14.2 Å². The van der Waals surface area contributed by atoms with E-state index < -0.39 is 40.3 Å². The molecule has 0 aliphatic carbocycles. The predicted molar refractivity (Wildman–Crippen MR) is 110 cm³/mol. The smallest absolute Gasteiger partial charge is 0.324 e. The summed E-state index contributed by atoms with van der Waals surface area (Å²) in [6.07, 6.45) is 0. The van der Waals surface area contributed by atoms with Crippen LogP contribution in [0.1, 0.15) is 24.2 Å². The number of carbonyl (C=O) groups excluding carboxylic acids is 2. The average molecular weight is 435 g/mol. The highest BCUT2D eigenvalue weighted by molar-refractivity contribution is 7.89. The van der Waals surface area contributed by atoms with E-state index in [1.165, 1.54) is 32.4 Å². The monoisotopic (exact) mass is 435 g/mol. The van der Waals surface area contributed by atoms with E-state index in [2.05, 4.69) is 4.72 Å². The summed E-state index contributed by atoms with van der Waals surface area (Å²) in [7, 11) is -1.03. The molecule has 0 heterocycles. The second-order valence-corrected chi connectivity index (χ2v) is 8.47. The second-order valence-electron chi connectivity index (χ2n) is 6.75. The zero-order valence-electron chi connectivity index (χ0n) is 17.2. The van der Waals surface area contributed by atoms with Gasteiger partial charge < -0.3 is 14.2 Å². The summed E-state index contributed by atoms with van der Waals surface area (Å²) in [4.78, 5) is 25.1. The van der Waals surface area contributed by atoms with E-state index >= 15 is 0 Å². The standard InChI is InChI=1S/C21H25NO7S/c1-14(2)20(22-30(25,26)16-8-6-5-7-9-16)21(24)29-13-18(23)17-11-10-15(27-3)12-19(17)28-4/h5-12,14,20,22H,13H2,1-4H3/t20-/m1/s1. The number of rotatable bonds is 10. The third kappa shape index (κ3) is 5.80. The van der Waals surface area contributed by atoms with Crippen molar-refractivity contribution in [3.63, 3.8) is 0 Å². The van der Waals surface area contributed by atoms with Crippen molar-refractivity contribution in [2.75, 3.05) is 20.8 Å². The van der Waals surface area contributed by atoms with Crippen LogP contribution in [0.4, 0.5) is 0 Å². The largest absolute Gasteiger partial charge is 0.497 e. The lowest BCUT2D eigenvalue weighted by molar-refractivity contribution is -0.145. The Labute approximate surface area is 176 Å². The Morgan fingerprint density at radius 2 is 1.67 bits per heavy atom. The van der Waals surface area contributed by atoms with E-state index in [1.54, 1.807) is 44.2 Å². The first-order valence-corrected chi connectivity index (χ1v) is 10.7. The lowest BCUT2D eigenvalue weighted by Crippen LogP contribution is -2.45. The van der Waals surface area contributed by atoms with Gasteiger partial charge in [-0.15, -0.1) is 0 Å². The third-order valence-corrected chi connectivity index (χ3v) is 5.77.